The van der Waals surface area contributed by atoms with Crippen molar-refractivity contribution in [3.63, 3.8) is 0 Å². The first-order chi connectivity index (χ1) is 12.7. The maximum Gasteiger partial charge on any atom is 0.308 e. The quantitative estimate of drug-likeness (QED) is 0.664. The largest absolute Gasteiger partial charge is 0.469 e. The lowest BCUT2D eigenvalue weighted by Crippen LogP contribution is -2.52. The Hall–Kier alpha value is -1.80. The van der Waals surface area contributed by atoms with E-state index >= 15 is 0 Å². The zero-order chi connectivity index (χ0) is 20.2. The van der Waals surface area contributed by atoms with Crippen LogP contribution in [0.3, 0.4) is 0 Å². The van der Waals surface area contributed by atoms with E-state index in [1.165, 1.54) is 7.11 Å². The number of rotatable bonds is 6. The number of nitrogens with zero attached hydrogens (tertiary/aromatic N) is 2. The van der Waals surface area contributed by atoms with E-state index in [1.807, 2.05) is 0 Å². The van der Waals surface area contributed by atoms with Crippen molar-refractivity contribution in [2.75, 3.05) is 30.8 Å². The van der Waals surface area contributed by atoms with Crippen molar-refractivity contribution in [1.82, 2.24) is 4.90 Å². The Labute approximate surface area is 165 Å². The zero-order valence-corrected chi connectivity index (χ0v) is 17.3. The molecular weight excluding hydrogens is 392 g/mol. The molecule has 9 heteroatoms. The van der Waals surface area contributed by atoms with E-state index in [0.29, 0.717) is 43.1 Å². The molecule has 2 rings (SSSR count). The number of piperidine rings is 1. The van der Waals surface area contributed by atoms with Gasteiger partial charge in [-0.25, -0.2) is 8.42 Å². The molecule has 0 saturated carbocycles. The van der Waals surface area contributed by atoms with Crippen LogP contribution in [0.2, 0.25) is 5.02 Å². The van der Waals surface area contributed by atoms with Gasteiger partial charge in [-0.2, -0.15) is 0 Å². The van der Waals surface area contributed by atoms with Gasteiger partial charge in [0.05, 0.1) is 25.0 Å². The van der Waals surface area contributed by atoms with Crippen LogP contribution in [0.25, 0.3) is 0 Å². The summed E-state index contributed by atoms with van der Waals surface area (Å²) in [6, 6.07) is 5.50. The maximum atomic E-state index is 13.1. The summed E-state index contributed by atoms with van der Waals surface area (Å²) in [5.74, 6) is -0.754. The first-order valence-electron chi connectivity index (χ1n) is 8.80. The van der Waals surface area contributed by atoms with Gasteiger partial charge < -0.3 is 9.64 Å². The average Bonchev–Trinajstić information content (AvgIpc) is 2.65. The number of hydrogen-bond acceptors (Lipinski definition) is 5. The summed E-state index contributed by atoms with van der Waals surface area (Å²) in [5.41, 5.74) is 0.395. The molecule has 1 aliphatic rings. The molecule has 1 aromatic rings. The Kier molecular flexibility index (Phi) is 7.11. The fourth-order valence-corrected chi connectivity index (χ4v) is 4.68. The normalized spacial score (nSPS) is 16.7. The summed E-state index contributed by atoms with van der Waals surface area (Å²) in [4.78, 5) is 26.4. The van der Waals surface area contributed by atoms with Gasteiger partial charge in [-0.15, -0.1) is 0 Å². The summed E-state index contributed by atoms with van der Waals surface area (Å²) in [6.45, 7) is 2.57. The summed E-state index contributed by atoms with van der Waals surface area (Å²) in [5, 5.41) is 0.483. The standard InChI is InChI=1S/C18H25ClN2O5S/c1-4-16(17(22)20-11-9-13(10-12-20)18(23)26-2)21(27(3,24)25)15-7-5-14(19)6-8-15/h5-8,13,16H,4,9-12H2,1-3H3. The highest BCUT2D eigenvalue weighted by Gasteiger charge is 2.36. The van der Waals surface area contributed by atoms with Crippen LogP contribution in [0.4, 0.5) is 5.69 Å². The number of sulfonamides is 1. The molecule has 1 saturated heterocycles. The molecule has 27 heavy (non-hydrogen) atoms. The molecule has 1 fully saturated rings. The lowest BCUT2D eigenvalue weighted by Gasteiger charge is -2.37. The van der Waals surface area contributed by atoms with Crippen molar-refractivity contribution < 1.29 is 22.7 Å². The van der Waals surface area contributed by atoms with Crippen LogP contribution in [0.5, 0.6) is 0 Å². The predicted molar refractivity (Wildman–Crippen MR) is 104 cm³/mol. The summed E-state index contributed by atoms with van der Waals surface area (Å²) >= 11 is 5.90. The second kappa shape index (κ2) is 8.93. The monoisotopic (exact) mass is 416 g/mol. The third kappa shape index (κ3) is 5.13. The molecule has 1 amide bonds. The molecule has 0 radical (unpaired) electrons. The van der Waals surface area contributed by atoms with Crippen molar-refractivity contribution in [2.45, 2.75) is 32.2 Å². The number of benzene rings is 1. The van der Waals surface area contributed by atoms with Crippen LogP contribution in [0.1, 0.15) is 26.2 Å². The summed E-state index contributed by atoms with van der Waals surface area (Å²) in [6.07, 6.45) is 2.43. The highest BCUT2D eigenvalue weighted by atomic mass is 35.5. The molecule has 1 aromatic carbocycles. The van der Waals surface area contributed by atoms with Crippen molar-refractivity contribution in [3.05, 3.63) is 29.3 Å². The number of anilines is 1. The van der Waals surface area contributed by atoms with Crippen LogP contribution in [-0.4, -0.2) is 57.7 Å². The van der Waals surface area contributed by atoms with Gasteiger partial charge in [0.15, 0.2) is 0 Å². The highest BCUT2D eigenvalue weighted by Crippen LogP contribution is 2.27. The number of methoxy groups -OCH3 is 1. The van der Waals surface area contributed by atoms with Crippen LogP contribution >= 0.6 is 11.6 Å². The number of halogens is 1. The molecule has 0 spiro atoms. The topological polar surface area (TPSA) is 84.0 Å². The van der Waals surface area contributed by atoms with Crippen molar-refractivity contribution in [2.24, 2.45) is 5.92 Å². The van der Waals surface area contributed by atoms with Gasteiger partial charge in [0.2, 0.25) is 15.9 Å². The van der Waals surface area contributed by atoms with Crippen LogP contribution < -0.4 is 4.31 Å². The molecule has 0 aromatic heterocycles. The Bertz CT molecular complexity index is 773. The molecule has 0 aliphatic carbocycles. The Balaban J connectivity index is 2.23. The number of esters is 1. The van der Waals surface area contributed by atoms with Gasteiger partial charge in [-0.1, -0.05) is 18.5 Å². The van der Waals surface area contributed by atoms with Crippen LogP contribution in [0, 0.1) is 5.92 Å². The lowest BCUT2D eigenvalue weighted by atomic mass is 9.96. The molecular formula is C18H25ClN2O5S. The second-order valence-electron chi connectivity index (χ2n) is 6.58. The molecule has 7 nitrogen and oxygen atoms in total. The van der Waals surface area contributed by atoms with E-state index in [0.717, 1.165) is 10.6 Å². The lowest BCUT2D eigenvalue weighted by molar-refractivity contribution is -0.149. The number of hydrogen-bond donors (Lipinski definition) is 0. The molecule has 1 aliphatic heterocycles. The number of carbonyl (C=O) groups is 2. The van der Waals surface area contributed by atoms with E-state index in [9.17, 15) is 18.0 Å². The minimum absolute atomic E-state index is 0.221. The second-order valence-corrected chi connectivity index (χ2v) is 8.88. The van der Waals surface area contributed by atoms with Gasteiger partial charge >= 0.3 is 5.97 Å². The van der Waals surface area contributed by atoms with E-state index in [-0.39, 0.29) is 17.8 Å². The molecule has 0 bridgehead atoms. The molecule has 1 atom stereocenters. The van der Waals surface area contributed by atoms with Gasteiger partial charge in [-0.05, 0) is 43.5 Å². The first kappa shape index (κ1) is 21.5. The van der Waals surface area contributed by atoms with Crippen LogP contribution in [0.15, 0.2) is 24.3 Å². The van der Waals surface area contributed by atoms with Crippen molar-refractivity contribution in [1.29, 1.82) is 0 Å². The van der Waals surface area contributed by atoms with E-state index in [4.69, 9.17) is 16.3 Å². The van der Waals surface area contributed by atoms with E-state index in [1.54, 1.807) is 36.1 Å². The van der Waals surface area contributed by atoms with Crippen molar-refractivity contribution >= 4 is 39.2 Å². The fraction of sp³-hybridized carbons (Fsp3) is 0.556. The third-order valence-electron chi connectivity index (χ3n) is 4.73. The zero-order valence-electron chi connectivity index (χ0n) is 15.7. The van der Waals surface area contributed by atoms with Gasteiger partial charge in [0, 0.05) is 18.1 Å². The molecule has 0 N–H and O–H groups in total. The fourth-order valence-electron chi connectivity index (χ4n) is 3.34. The minimum Gasteiger partial charge on any atom is -0.469 e. The van der Waals surface area contributed by atoms with Crippen molar-refractivity contribution in [3.8, 4) is 0 Å². The average molecular weight is 417 g/mol. The SMILES string of the molecule is CCC(C(=O)N1CCC(C(=O)OC)CC1)N(c1ccc(Cl)cc1)S(C)(=O)=O. The first-order valence-corrected chi connectivity index (χ1v) is 11.0. The minimum atomic E-state index is -3.69. The Morgan fingerprint density at radius 2 is 1.81 bits per heavy atom. The molecule has 1 heterocycles. The molecule has 150 valence electrons. The molecule has 1 unspecified atom stereocenters. The maximum absolute atomic E-state index is 13.1. The van der Waals surface area contributed by atoms with Gasteiger partial charge in [-0.3, -0.25) is 13.9 Å². The number of amides is 1. The number of likely N-dealkylation sites (tertiary alicyclic amines) is 1. The van der Waals surface area contributed by atoms with Gasteiger partial charge in [0.25, 0.3) is 0 Å². The third-order valence-corrected chi connectivity index (χ3v) is 6.17. The highest BCUT2D eigenvalue weighted by molar-refractivity contribution is 7.92. The summed E-state index contributed by atoms with van der Waals surface area (Å²) < 4.78 is 30.8. The number of carbonyl (C=O) groups excluding carboxylic acids is 2. The van der Waals surface area contributed by atoms with Gasteiger partial charge in [0.1, 0.15) is 6.04 Å². The van der Waals surface area contributed by atoms with Crippen LogP contribution in [-0.2, 0) is 24.3 Å². The van der Waals surface area contributed by atoms with E-state index in [2.05, 4.69) is 0 Å². The number of ether oxygens (including phenoxy) is 1. The Morgan fingerprint density at radius 3 is 2.26 bits per heavy atom. The Morgan fingerprint density at radius 1 is 1.26 bits per heavy atom. The van der Waals surface area contributed by atoms with E-state index < -0.39 is 16.1 Å². The smallest absolute Gasteiger partial charge is 0.308 e. The predicted octanol–water partition coefficient (Wildman–Crippen LogP) is 2.30. The summed E-state index contributed by atoms with van der Waals surface area (Å²) in [7, 11) is -2.34.